The van der Waals surface area contributed by atoms with E-state index in [4.69, 9.17) is 9.47 Å². The zero-order valence-electron chi connectivity index (χ0n) is 16.8. The van der Waals surface area contributed by atoms with E-state index in [0.717, 1.165) is 44.1 Å². The lowest BCUT2D eigenvalue weighted by atomic mass is 9.98. The third kappa shape index (κ3) is 6.86. The number of carbonyl (C=O) groups excluding carboxylic acids is 1. The van der Waals surface area contributed by atoms with Gasteiger partial charge in [0.15, 0.2) is 5.96 Å². The van der Waals surface area contributed by atoms with Crippen LogP contribution in [0, 0.1) is 12.8 Å². The molecule has 1 atom stereocenters. The monoisotopic (exact) mass is 489 g/mol. The number of rotatable bonds is 6. The average molecular weight is 489 g/mol. The van der Waals surface area contributed by atoms with Crippen molar-refractivity contribution in [1.82, 2.24) is 10.2 Å². The number of piperidine rings is 1. The SMILES string of the molecule is CCOC(=O)C1CCCN(C(=NC)NCCc2cc(C)ccc2OC)C1.I. The number of esters is 1. The summed E-state index contributed by atoms with van der Waals surface area (Å²) < 4.78 is 10.6. The molecule has 152 valence electrons. The summed E-state index contributed by atoms with van der Waals surface area (Å²) in [6.45, 7) is 6.68. The molecule has 1 fully saturated rings. The number of guanidine groups is 1. The molecule has 1 aromatic rings. The predicted octanol–water partition coefficient (Wildman–Crippen LogP) is 3.01. The van der Waals surface area contributed by atoms with Crippen LogP contribution in [-0.4, -0.2) is 57.2 Å². The Bertz CT molecular complexity index is 637. The largest absolute Gasteiger partial charge is 0.496 e. The molecule has 0 aromatic heterocycles. The summed E-state index contributed by atoms with van der Waals surface area (Å²) in [7, 11) is 3.48. The van der Waals surface area contributed by atoms with Crippen LogP contribution < -0.4 is 10.1 Å². The van der Waals surface area contributed by atoms with E-state index in [1.807, 2.05) is 13.0 Å². The molecule has 0 bridgehead atoms. The van der Waals surface area contributed by atoms with Gasteiger partial charge in [-0.3, -0.25) is 9.79 Å². The maximum Gasteiger partial charge on any atom is 0.310 e. The average Bonchev–Trinajstić information content (AvgIpc) is 2.65. The fraction of sp³-hybridized carbons (Fsp3) is 0.600. The van der Waals surface area contributed by atoms with Crippen molar-refractivity contribution in [3.8, 4) is 5.75 Å². The number of likely N-dealkylation sites (tertiary alicyclic amines) is 1. The van der Waals surface area contributed by atoms with Gasteiger partial charge in [0.25, 0.3) is 0 Å². The number of ether oxygens (including phenoxy) is 2. The number of nitrogens with zero attached hydrogens (tertiary/aromatic N) is 2. The minimum absolute atomic E-state index is 0. The summed E-state index contributed by atoms with van der Waals surface area (Å²) in [5, 5.41) is 3.42. The highest BCUT2D eigenvalue weighted by Gasteiger charge is 2.28. The molecule has 0 spiro atoms. The van der Waals surface area contributed by atoms with E-state index < -0.39 is 0 Å². The fourth-order valence-corrected chi connectivity index (χ4v) is 3.37. The van der Waals surface area contributed by atoms with Crippen LogP contribution in [0.5, 0.6) is 5.75 Å². The quantitative estimate of drug-likeness (QED) is 0.288. The minimum Gasteiger partial charge on any atom is -0.496 e. The first kappa shape index (κ1) is 23.5. The molecule has 0 amide bonds. The maximum atomic E-state index is 12.0. The van der Waals surface area contributed by atoms with Crippen LogP contribution in [0.1, 0.15) is 30.9 Å². The van der Waals surface area contributed by atoms with Gasteiger partial charge >= 0.3 is 5.97 Å². The number of carbonyl (C=O) groups is 1. The van der Waals surface area contributed by atoms with Gasteiger partial charge in [0, 0.05) is 26.7 Å². The first-order chi connectivity index (χ1) is 12.6. The summed E-state index contributed by atoms with van der Waals surface area (Å²) in [5.74, 6) is 1.58. The van der Waals surface area contributed by atoms with Gasteiger partial charge in [-0.2, -0.15) is 0 Å². The van der Waals surface area contributed by atoms with Crippen molar-refractivity contribution in [3.63, 3.8) is 0 Å². The van der Waals surface area contributed by atoms with Gasteiger partial charge in [-0.05, 0) is 44.7 Å². The standard InChI is InChI=1S/C20H31N3O3.HI/c1-5-26-19(24)17-7-6-12-23(14-17)20(21-3)22-11-10-16-13-15(2)8-9-18(16)25-4;/h8-9,13,17H,5-7,10-12,14H2,1-4H3,(H,21,22);1H. The Hall–Kier alpha value is -1.51. The zero-order valence-corrected chi connectivity index (χ0v) is 19.1. The number of methoxy groups -OCH3 is 1. The summed E-state index contributed by atoms with van der Waals surface area (Å²) in [4.78, 5) is 18.6. The van der Waals surface area contributed by atoms with Gasteiger partial charge in [-0.15, -0.1) is 24.0 Å². The lowest BCUT2D eigenvalue weighted by molar-refractivity contribution is -0.149. The predicted molar refractivity (Wildman–Crippen MR) is 119 cm³/mol. The van der Waals surface area contributed by atoms with Crippen molar-refractivity contribution in [2.24, 2.45) is 10.9 Å². The second kappa shape index (κ2) is 12.0. The van der Waals surface area contributed by atoms with Crippen molar-refractivity contribution < 1.29 is 14.3 Å². The van der Waals surface area contributed by atoms with Crippen molar-refractivity contribution in [2.75, 3.05) is 40.4 Å². The van der Waals surface area contributed by atoms with E-state index in [1.54, 1.807) is 14.2 Å². The molecule has 0 radical (unpaired) electrons. The summed E-state index contributed by atoms with van der Waals surface area (Å²) in [5.41, 5.74) is 2.40. The Labute approximate surface area is 179 Å². The smallest absolute Gasteiger partial charge is 0.310 e. The molecule has 1 aromatic carbocycles. The molecule has 1 aliphatic rings. The Morgan fingerprint density at radius 1 is 1.41 bits per heavy atom. The molecule has 1 saturated heterocycles. The van der Waals surface area contributed by atoms with Crippen LogP contribution in [0.25, 0.3) is 0 Å². The Morgan fingerprint density at radius 2 is 2.19 bits per heavy atom. The van der Waals surface area contributed by atoms with Crippen molar-refractivity contribution >= 4 is 35.9 Å². The number of nitrogens with one attached hydrogen (secondary N) is 1. The number of hydrogen-bond acceptors (Lipinski definition) is 4. The highest BCUT2D eigenvalue weighted by Crippen LogP contribution is 2.20. The molecule has 1 heterocycles. The second-order valence-electron chi connectivity index (χ2n) is 6.58. The van der Waals surface area contributed by atoms with Gasteiger partial charge in [0.05, 0.1) is 19.6 Å². The number of benzene rings is 1. The van der Waals surface area contributed by atoms with Crippen LogP contribution in [-0.2, 0) is 16.0 Å². The van der Waals surface area contributed by atoms with E-state index in [0.29, 0.717) is 13.2 Å². The van der Waals surface area contributed by atoms with Gasteiger partial charge < -0.3 is 19.7 Å². The van der Waals surface area contributed by atoms with Crippen LogP contribution in [0.3, 0.4) is 0 Å². The highest BCUT2D eigenvalue weighted by atomic mass is 127. The number of hydrogen-bond donors (Lipinski definition) is 1. The van der Waals surface area contributed by atoms with Gasteiger partial charge in [0.1, 0.15) is 5.75 Å². The van der Waals surface area contributed by atoms with E-state index in [1.165, 1.54) is 11.1 Å². The summed E-state index contributed by atoms with van der Waals surface area (Å²) >= 11 is 0. The van der Waals surface area contributed by atoms with Gasteiger partial charge in [-0.1, -0.05) is 17.7 Å². The third-order valence-corrected chi connectivity index (χ3v) is 4.67. The lowest BCUT2D eigenvalue weighted by Gasteiger charge is -2.34. The molecule has 6 nitrogen and oxygen atoms in total. The second-order valence-corrected chi connectivity index (χ2v) is 6.58. The molecule has 1 aliphatic heterocycles. The normalized spacial score (nSPS) is 17.1. The number of aliphatic imine (C=N–C) groups is 1. The van der Waals surface area contributed by atoms with E-state index >= 15 is 0 Å². The van der Waals surface area contributed by atoms with Gasteiger partial charge in [-0.25, -0.2) is 0 Å². The molecule has 0 saturated carbocycles. The molecule has 1 unspecified atom stereocenters. The summed E-state index contributed by atoms with van der Waals surface area (Å²) in [6, 6.07) is 6.22. The topological polar surface area (TPSA) is 63.2 Å². The molecule has 27 heavy (non-hydrogen) atoms. The van der Waals surface area contributed by atoms with Crippen molar-refractivity contribution in [3.05, 3.63) is 29.3 Å². The van der Waals surface area contributed by atoms with Crippen molar-refractivity contribution in [1.29, 1.82) is 0 Å². The fourth-order valence-electron chi connectivity index (χ4n) is 3.37. The van der Waals surface area contributed by atoms with Gasteiger partial charge in [0.2, 0.25) is 0 Å². The Kier molecular flexibility index (Phi) is 10.5. The number of halogens is 1. The molecule has 0 aliphatic carbocycles. The molecular weight excluding hydrogens is 457 g/mol. The van der Waals surface area contributed by atoms with E-state index in [-0.39, 0.29) is 35.9 Å². The van der Waals surface area contributed by atoms with E-state index in [9.17, 15) is 4.79 Å². The van der Waals surface area contributed by atoms with Crippen LogP contribution >= 0.6 is 24.0 Å². The Morgan fingerprint density at radius 3 is 2.85 bits per heavy atom. The van der Waals surface area contributed by atoms with Crippen molar-refractivity contribution in [2.45, 2.75) is 33.1 Å². The first-order valence-corrected chi connectivity index (χ1v) is 9.34. The maximum absolute atomic E-state index is 12.0. The molecule has 7 heteroatoms. The van der Waals surface area contributed by atoms with E-state index in [2.05, 4.69) is 34.3 Å². The Balaban J connectivity index is 0.00000364. The highest BCUT2D eigenvalue weighted by molar-refractivity contribution is 14.0. The number of aryl methyl sites for hydroxylation is 1. The molecule has 2 rings (SSSR count). The molecule has 1 N–H and O–H groups in total. The zero-order chi connectivity index (χ0) is 18.9. The lowest BCUT2D eigenvalue weighted by Crippen LogP contribution is -2.48. The van der Waals surface area contributed by atoms with Crippen LogP contribution in [0.15, 0.2) is 23.2 Å². The minimum atomic E-state index is -0.0999. The molecular formula is C20H32IN3O3. The van der Waals surface area contributed by atoms with Crippen LogP contribution in [0.2, 0.25) is 0 Å². The van der Waals surface area contributed by atoms with Crippen LogP contribution in [0.4, 0.5) is 0 Å². The summed E-state index contributed by atoms with van der Waals surface area (Å²) in [6.07, 6.45) is 2.70. The first-order valence-electron chi connectivity index (χ1n) is 9.34. The third-order valence-electron chi connectivity index (χ3n) is 4.67.